The molecule has 0 radical (unpaired) electrons. The highest BCUT2D eigenvalue weighted by Gasteiger charge is 2.42. The first kappa shape index (κ1) is 23.1. The molecule has 1 aromatic heterocycles. The standard InChI is InChI=1S/C27H32N2O4/c1-5-28(6-2)14-9-15-29-24(19-10-8-11-20(17-19)32-7-3)23-25(30)21-16-18(4)12-13-22(21)33-26(23)27(29)31/h8,10-13,16-17,24H,5-7,9,14-15H2,1-4H3/t24-/m0/s1. The number of amides is 1. The number of fused-ring (bicyclic) bond motifs is 2. The molecule has 0 unspecified atom stereocenters. The van der Waals surface area contributed by atoms with E-state index in [9.17, 15) is 9.59 Å². The number of benzene rings is 2. The molecule has 2 heterocycles. The first-order valence-electron chi connectivity index (χ1n) is 11.8. The molecule has 0 fully saturated rings. The minimum atomic E-state index is -0.495. The molecule has 0 spiro atoms. The molecule has 1 aliphatic heterocycles. The fraction of sp³-hybridized carbons (Fsp3) is 0.407. The number of ether oxygens (including phenoxy) is 1. The summed E-state index contributed by atoms with van der Waals surface area (Å²) in [5.41, 5.74) is 2.57. The van der Waals surface area contributed by atoms with Crippen molar-refractivity contribution in [3.05, 3.63) is 75.1 Å². The molecule has 6 heteroatoms. The highest BCUT2D eigenvalue weighted by Crippen LogP contribution is 2.39. The maximum absolute atomic E-state index is 13.7. The second-order valence-electron chi connectivity index (χ2n) is 8.46. The minimum Gasteiger partial charge on any atom is -0.494 e. The Bertz CT molecular complexity index is 1210. The zero-order valence-corrected chi connectivity index (χ0v) is 19.9. The van der Waals surface area contributed by atoms with Crippen LogP contribution in [0.25, 0.3) is 11.0 Å². The predicted octanol–water partition coefficient (Wildman–Crippen LogP) is 4.78. The van der Waals surface area contributed by atoms with Crippen LogP contribution in [0.15, 0.2) is 51.7 Å². The van der Waals surface area contributed by atoms with E-state index in [0.717, 1.165) is 42.9 Å². The summed E-state index contributed by atoms with van der Waals surface area (Å²) in [5.74, 6) is 0.655. The molecule has 1 aliphatic rings. The van der Waals surface area contributed by atoms with Crippen molar-refractivity contribution in [1.29, 1.82) is 0 Å². The van der Waals surface area contributed by atoms with Gasteiger partial charge in [0.2, 0.25) is 5.76 Å². The Morgan fingerprint density at radius 1 is 1.06 bits per heavy atom. The fourth-order valence-electron chi connectivity index (χ4n) is 4.66. The molecule has 0 aliphatic carbocycles. The van der Waals surface area contributed by atoms with Crippen LogP contribution in [0.1, 0.15) is 60.5 Å². The van der Waals surface area contributed by atoms with Gasteiger partial charge in [0, 0.05) is 6.54 Å². The molecular weight excluding hydrogens is 416 g/mol. The van der Waals surface area contributed by atoms with Crippen LogP contribution in [-0.2, 0) is 0 Å². The summed E-state index contributed by atoms with van der Waals surface area (Å²) in [6, 6.07) is 12.7. The smallest absolute Gasteiger partial charge is 0.290 e. The van der Waals surface area contributed by atoms with Gasteiger partial charge in [-0.25, -0.2) is 0 Å². The summed E-state index contributed by atoms with van der Waals surface area (Å²) in [6.45, 7) is 12.1. The lowest BCUT2D eigenvalue weighted by Gasteiger charge is -2.27. The second-order valence-corrected chi connectivity index (χ2v) is 8.46. The van der Waals surface area contributed by atoms with Crippen LogP contribution in [0.5, 0.6) is 5.75 Å². The van der Waals surface area contributed by atoms with Gasteiger partial charge in [-0.3, -0.25) is 9.59 Å². The second kappa shape index (κ2) is 9.79. The molecule has 6 nitrogen and oxygen atoms in total. The quantitative estimate of drug-likeness (QED) is 0.472. The zero-order chi connectivity index (χ0) is 23.5. The molecule has 0 N–H and O–H groups in total. The number of aryl methyl sites for hydroxylation is 1. The molecular formula is C27H32N2O4. The first-order chi connectivity index (χ1) is 16.0. The Balaban J connectivity index is 1.81. The molecule has 0 bridgehead atoms. The SMILES string of the molecule is CCOc1cccc([C@H]2c3c(oc4ccc(C)cc4c3=O)C(=O)N2CCCN(CC)CC)c1. The van der Waals surface area contributed by atoms with E-state index in [1.54, 1.807) is 11.0 Å². The van der Waals surface area contributed by atoms with Gasteiger partial charge < -0.3 is 19.0 Å². The van der Waals surface area contributed by atoms with E-state index in [0.29, 0.717) is 29.7 Å². The van der Waals surface area contributed by atoms with Crippen molar-refractivity contribution in [2.24, 2.45) is 0 Å². The Labute approximate surface area is 194 Å². The van der Waals surface area contributed by atoms with Crippen LogP contribution in [0, 0.1) is 6.92 Å². The maximum Gasteiger partial charge on any atom is 0.290 e. The van der Waals surface area contributed by atoms with Crippen LogP contribution in [0.4, 0.5) is 0 Å². The average Bonchev–Trinajstić information content (AvgIpc) is 3.09. The third-order valence-corrected chi connectivity index (χ3v) is 6.37. The molecule has 1 amide bonds. The molecule has 174 valence electrons. The van der Waals surface area contributed by atoms with Gasteiger partial charge in [-0.2, -0.15) is 0 Å². The lowest BCUT2D eigenvalue weighted by Crippen LogP contribution is -2.33. The predicted molar refractivity (Wildman–Crippen MR) is 130 cm³/mol. The monoisotopic (exact) mass is 448 g/mol. The highest BCUT2D eigenvalue weighted by atomic mass is 16.5. The van der Waals surface area contributed by atoms with Gasteiger partial charge in [0.15, 0.2) is 5.43 Å². The topological polar surface area (TPSA) is 63.0 Å². The number of hydrogen-bond donors (Lipinski definition) is 0. The van der Waals surface area contributed by atoms with Crippen LogP contribution in [0.3, 0.4) is 0 Å². The van der Waals surface area contributed by atoms with Crippen LogP contribution in [-0.4, -0.2) is 48.5 Å². The van der Waals surface area contributed by atoms with Crippen molar-refractivity contribution in [1.82, 2.24) is 9.80 Å². The van der Waals surface area contributed by atoms with Crippen molar-refractivity contribution in [2.75, 3.05) is 32.8 Å². The number of hydrogen-bond acceptors (Lipinski definition) is 5. The van der Waals surface area contributed by atoms with E-state index in [4.69, 9.17) is 9.15 Å². The summed E-state index contributed by atoms with van der Waals surface area (Å²) < 4.78 is 11.8. The fourth-order valence-corrected chi connectivity index (χ4v) is 4.66. The van der Waals surface area contributed by atoms with Gasteiger partial charge in [-0.1, -0.05) is 37.6 Å². The molecule has 4 rings (SSSR count). The Morgan fingerprint density at radius 3 is 2.58 bits per heavy atom. The van der Waals surface area contributed by atoms with Gasteiger partial charge in [-0.15, -0.1) is 0 Å². The van der Waals surface area contributed by atoms with Crippen molar-refractivity contribution < 1.29 is 13.9 Å². The van der Waals surface area contributed by atoms with E-state index in [2.05, 4.69) is 18.7 Å². The number of rotatable bonds is 9. The third-order valence-electron chi connectivity index (χ3n) is 6.37. The number of nitrogens with zero attached hydrogens (tertiary/aromatic N) is 2. The van der Waals surface area contributed by atoms with Gasteiger partial charge >= 0.3 is 0 Å². The lowest BCUT2D eigenvalue weighted by molar-refractivity contribution is 0.0720. The van der Waals surface area contributed by atoms with Gasteiger partial charge in [0.1, 0.15) is 11.3 Å². The Kier molecular flexibility index (Phi) is 6.84. The maximum atomic E-state index is 13.7. The van der Waals surface area contributed by atoms with Gasteiger partial charge in [-0.05, 0) is 69.7 Å². The summed E-state index contributed by atoms with van der Waals surface area (Å²) in [4.78, 5) is 31.3. The van der Waals surface area contributed by atoms with E-state index in [-0.39, 0.29) is 17.1 Å². The Morgan fingerprint density at radius 2 is 1.85 bits per heavy atom. The molecule has 3 aromatic rings. The van der Waals surface area contributed by atoms with E-state index in [1.807, 2.05) is 50.2 Å². The van der Waals surface area contributed by atoms with E-state index in [1.165, 1.54) is 0 Å². The lowest BCUT2D eigenvalue weighted by atomic mass is 9.98. The first-order valence-corrected chi connectivity index (χ1v) is 11.8. The van der Waals surface area contributed by atoms with Crippen LogP contribution < -0.4 is 10.2 Å². The summed E-state index contributed by atoms with van der Waals surface area (Å²) >= 11 is 0. The van der Waals surface area contributed by atoms with Crippen molar-refractivity contribution in [2.45, 2.75) is 40.2 Å². The normalized spacial score (nSPS) is 15.5. The molecule has 33 heavy (non-hydrogen) atoms. The third kappa shape index (κ3) is 4.40. The van der Waals surface area contributed by atoms with Crippen molar-refractivity contribution >= 4 is 16.9 Å². The number of carbonyl (C=O) groups excluding carboxylic acids is 1. The number of carbonyl (C=O) groups is 1. The molecule has 0 saturated carbocycles. The molecule has 1 atom stereocenters. The average molecular weight is 449 g/mol. The van der Waals surface area contributed by atoms with Crippen LogP contribution >= 0.6 is 0 Å². The van der Waals surface area contributed by atoms with E-state index < -0.39 is 6.04 Å². The van der Waals surface area contributed by atoms with Gasteiger partial charge in [0.25, 0.3) is 5.91 Å². The van der Waals surface area contributed by atoms with Crippen LogP contribution in [0.2, 0.25) is 0 Å². The summed E-state index contributed by atoms with van der Waals surface area (Å²) in [5, 5.41) is 0.512. The molecule has 0 saturated heterocycles. The Hall–Kier alpha value is -3.12. The van der Waals surface area contributed by atoms with E-state index >= 15 is 0 Å². The van der Waals surface area contributed by atoms with Crippen molar-refractivity contribution in [3.63, 3.8) is 0 Å². The molecule has 2 aromatic carbocycles. The largest absolute Gasteiger partial charge is 0.494 e. The zero-order valence-electron chi connectivity index (χ0n) is 19.9. The highest BCUT2D eigenvalue weighted by molar-refractivity contribution is 5.99. The summed E-state index contributed by atoms with van der Waals surface area (Å²) in [7, 11) is 0. The summed E-state index contributed by atoms with van der Waals surface area (Å²) in [6.07, 6.45) is 0.815. The van der Waals surface area contributed by atoms with Crippen molar-refractivity contribution in [3.8, 4) is 5.75 Å². The minimum absolute atomic E-state index is 0.138. The van der Waals surface area contributed by atoms with Gasteiger partial charge in [0.05, 0.1) is 23.6 Å².